The predicted octanol–water partition coefficient (Wildman–Crippen LogP) is 5.16. The first kappa shape index (κ1) is 19.3. The van der Waals surface area contributed by atoms with Crippen LogP contribution in [0.1, 0.15) is 69.4 Å². The summed E-state index contributed by atoms with van der Waals surface area (Å²) in [6.45, 7) is 12.1. The Morgan fingerprint density at radius 3 is 2.92 bits per heavy atom. The van der Waals surface area contributed by atoms with Crippen LogP contribution in [0.5, 0.6) is 0 Å². The van der Waals surface area contributed by atoms with Crippen LogP contribution < -0.4 is 11.1 Å². The summed E-state index contributed by atoms with van der Waals surface area (Å²) in [5.74, 6) is 0.626. The van der Waals surface area contributed by atoms with Gasteiger partial charge in [-0.3, -0.25) is 0 Å². The summed E-state index contributed by atoms with van der Waals surface area (Å²) in [6.07, 6.45) is 10.0. The van der Waals surface area contributed by atoms with Gasteiger partial charge in [-0.05, 0) is 56.2 Å². The van der Waals surface area contributed by atoms with Crippen molar-refractivity contribution in [3.63, 3.8) is 0 Å². The Morgan fingerprint density at radius 1 is 1.31 bits per heavy atom. The van der Waals surface area contributed by atoms with Crippen LogP contribution in [-0.4, -0.2) is 30.1 Å². The second kappa shape index (κ2) is 8.47. The highest BCUT2D eigenvalue weighted by Gasteiger charge is 2.41. The Bertz CT molecular complexity index is 624. The molecule has 2 aliphatic rings. The molecule has 1 saturated heterocycles. The van der Waals surface area contributed by atoms with E-state index in [1.165, 1.54) is 67.5 Å². The van der Waals surface area contributed by atoms with Gasteiger partial charge in [-0.2, -0.15) is 0 Å². The zero-order valence-corrected chi connectivity index (χ0v) is 16.8. The molecule has 1 aliphatic heterocycles. The fourth-order valence-corrected chi connectivity index (χ4v) is 4.76. The van der Waals surface area contributed by atoms with Gasteiger partial charge in [0.25, 0.3) is 0 Å². The number of anilines is 1. The van der Waals surface area contributed by atoms with Crippen LogP contribution in [0, 0.1) is 12.8 Å². The first-order valence-electron chi connectivity index (χ1n) is 10.6. The second-order valence-corrected chi connectivity index (χ2v) is 8.48. The molecule has 3 rings (SSSR count). The van der Waals surface area contributed by atoms with Gasteiger partial charge in [0.15, 0.2) is 0 Å². The number of benzene rings is 1. The van der Waals surface area contributed by atoms with Crippen molar-refractivity contribution in [1.82, 2.24) is 4.90 Å². The van der Waals surface area contributed by atoms with Crippen LogP contribution in [0.4, 0.5) is 5.69 Å². The Balaban J connectivity index is 1.62. The van der Waals surface area contributed by atoms with E-state index in [0.29, 0.717) is 5.92 Å². The summed E-state index contributed by atoms with van der Waals surface area (Å²) in [6, 6.07) is 6.71. The van der Waals surface area contributed by atoms with Crippen molar-refractivity contribution in [2.45, 2.75) is 70.8 Å². The van der Waals surface area contributed by atoms with E-state index in [4.69, 9.17) is 5.73 Å². The van der Waals surface area contributed by atoms with E-state index in [9.17, 15) is 0 Å². The van der Waals surface area contributed by atoms with E-state index in [0.717, 1.165) is 26.1 Å². The number of nitrogens with two attached hydrogens (primary N) is 1. The molecule has 2 atom stereocenters. The number of nitrogens with zero attached hydrogens (tertiary/aromatic N) is 1. The van der Waals surface area contributed by atoms with Crippen molar-refractivity contribution in [2.75, 3.05) is 25.0 Å². The molecule has 0 bridgehead atoms. The van der Waals surface area contributed by atoms with Gasteiger partial charge in [-0.15, -0.1) is 0 Å². The molecule has 1 aliphatic carbocycles. The van der Waals surface area contributed by atoms with Crippen LogP contribution >= 0.6 is 0 Å². The first-order chi connectivity index (χ1) is 12.5. The quantitative estimate of drug-likeness (QED) is 0.664. The SMILES string of the molecule is C=C(c1ccc(NCCCCC)cc1C)N1CCC2(N)CCCCC2C1. The molecular formula is C23H37N3. The van der Waals surface area contributed by atoms with Crippen molar-refractivity contribution in [2.24, 2.45) is 11.7 Å². The second-order valence-electron chi connectivity index (χ2n) is 8.48. The average molecular weight is 356 g/mol. The topological polar surface area (TPSA) is 41.3 Å². The molecule has 0 amide bonds. The summed E-state index contributed by atoms with van der Waals surface area (Å²) < 4.78 is 0. The monoisotopic (exact) mass is 355 g/mol. The number of hydrogen-bond acceptors (Lipinski definition) is 3. The molecule has 144 valence electrons. The van der Waals surface area contributed by atoms with Crippen LogP contribution in [0.3, 0.4) is 0 Å². The van der Waals surface area contributed by atoms with E-state index in [1.54, 1.807) is 0 Å². The van der Waals surface area contributed by atoms with Crippen LogP contribution in [0.2, 0.25) is 0 Å². The molecule has 26 heavy (non-hydrogen) atoms. The largest absolute Gasteiger partial charge is 0.385 e. The number of hydrogen-bond donors (Lipinski definition) is 2. The fraction of sp³-hybridized carbons (Fsp3) is 0.652. The highest BCUT2D eigenvalue weighted by Crippen LogP contribution is 2.40. The normalized spacial score (nSPS) is 25.7. The zero-order chi connectivity index (χ0) is 18.6. The van der Waals surface area contributed by atoms with Crippen molar-refractivity contribution < 1.29 is 0 Å². The molecule has 0 spiro atoms. The van der Waals surface area contributed by atoms with Crippen LogP contribution in [0.25, 0.3) is 5.70 Å². The number of unbranched alkanes of at least 4 members (excludes halogenated alkanes) is 2. The number of piperidine rings is 1. The third kappa shape index (κ3) is 4.25. The van der Waals surface area contributed by atoms with Crippen molar-refractivity contribution in [1.29, 1.82) is 0 Å². The van der Waals surface area contributed by atoms with E-state index >= 15 is 0 Å². The number of aryl methyl sites for hydroxylation is 1. The lowest BCUT2D eigenvalue weighted by atomic mass is 9.69. The molecule has 3 N–H and O–H groups in total. The summed E-state index contributed by atoms with van der Waals surface area (Å²) in [4.78, 5) is 2.48. The summed E-state index contributed by atoms with van der Waals surface area (Å²) in [5, 5.41) is 3.55. The van der Waals surface area contributed by atoms with Gasteiger partial charge >= 0.3 is 0 Å². The number of fused-ring (bicyclic) bond motifs is 1. The Labute approximate surface area is 160 Å². The fourth-order valence-electron chi connectivity index (χ4n) is 4.76. The van der Waals surface area contributed by atoms with Crippen LogP contribution in [0.15, 0.2) is 24.8 Å². The Kier molecular flexibility index (Phi) is 6.29. The Morgan fingerprint density at radius 2 is 2.15 bits per heavy atom. The maximum atomic E-state index is 6.72. The number of nitrogens with one attached hydrogen (secondary N) is 1. The highest BCUT2D eigenvalue weighted by molar-refractivity contribution is 5.67. The molecule has 2 unspecified atom stereocenters. The molecule has 1 saturated carbocycles. The first-order valence-corrected chi connectivity index (χ1v) is 10.6. The standard InChI is InChI=1S/C23H37N3/c1-4-5-8-14-25-21-10-11-22(18(2)16-21)19(3)26-15-13-23(24)12-7-6-9-20(23)17-26/h10-11,16,20,25H,3-9,12-15,17,24H2,1-2H3. The molecule has 1 aromatic carbocycles. The lowest BCUT2D eigenvalue weighted by Crippen LogP contribution is -2.58. The summed E-state index contributed by atoms with van der Waals surface area (Å²) in [7, 11) is 0. The van der Waals surface area contributed by atoms with Crippen molar-refractivity contribution >= 4 is 11.4 Å². The van der Waals surface area contributed by atoms with Crippen LogP contribution in [-0.2, 0) is 0 Å². The minimum atomic E-state index is 0.0797. The van der Waals surface area contributed by atoms with Crippen molar-refractivity contribution in [3.8, 4) is 0 Å². The minimum Gasteiger partial charge on any atom is -0.385 e. The minimum absolute atomic E-state index is 0.0797. The molecule has 3 nitrogen and oxygen atoms in total. The van der Waals surface area contributed by atoms with E-state index < -0.39 is 0 Å². The zero-order valence-electron chi connectivity index (χ0n) is 16.8. The van der Waals surface area contributed by atoms with Gasteiger partial charge in [0.05, 0.1) is 0 Å². The molecule has 3 heteroatoms. The molecule has 1 aromatic rings. The lowest BCUT2D eigenvalue weighted by molar-refractivity contribution is 0.0928. The van der Waals surface area contributed by atoms with E-state index in [1.807, 2.05) is 0 Å². The highest BCUT2D eigenvalue weighted by atomic mass is 15.2. The summed E-state index contributed by atoms with van der Waals surface area (Å²) in [5.41, 5.74) is 11.8. The van der Waals surface area contributed by atoms with Gasteiger partial charge < -0.3 is 16.0 Å². The van der Waals surface area contributed by atoms with Gasteiger partial charge in [0.1, 0.15) is 0 Å². The van der Waals surface area contributed by atoms with Crippen molar-refractivity contribution in [3.05, 3.63) is 35.9 Å². The molecule has 0 radical (unpaired) electrons. The number of rotatable bonds is 7. The van der Waals surface area contributed by atoms with Gasteiger partial charge in [-0.1, -0.05) is 45.3 Å². The molecule has 0 aromatic heterocycles. The average Bonchev–Trinajstić information content (AvgIpc) is 2.64. The maximum Gasteiger partial charge on any atom is 0.0369 e. The van der Waals surface area contributed by atoms with Gasteiger partial charge in [0.2, 0.25) is 0 Å². The summed E-state index contributed by atoms with van der Waals surface area (Å²) >= 11 is 0. The third-order valence-corrected chi connectivity index (χ3v) is 6.57. The maximum absolute atomic E-state index is 6.72. The third-order valence-electron chi connectivity index (χ3n) is 6.57. The molecule has 2 fully saturated rings. The number of likely N-dealkylation sites (tertiary alicyclic amines) is 1. The van der Waals surface area contributed by atoms with Gasteiger partial charge in [0, 0.05) is 42.1 Å². The van der Waals surface area contributed by atoms with Gasteiger partial charge in [-0.25, -0.2) is 0 Å². The smallest absolute Gasteiger partial charge is 0.0369 e. The molecule has 1 heterocycles. The Hall–Kier alpha value is -1.48. The van der Waals surface area contributed by atoms with E-state index in [2.05, 4.69) is 48.8 Å². The predicted molar refractivity (Wildman–Crippen MR) is 113 cm³/mol. The van der Waals surface area contributed by atoms with E-state index in [-0.39, 0.29) is 5.54 Å². The molecular weight excluding hydrogens is 318 g/mol. The lowest BCUT2D eigenvalue weighted by Gasteiger charge is -2.49.